The van der Waals surface area contributed by atoms with Gasteiger partial charge in [0.15, 0.2) is 0 Å². The highest BCUT2D eigenvalue weighted by Gasteiger charge is 2.39. The van der Waals surface area contributed by atoms with E-state index in [1.165, 1.54) is 5.56 Å². The van der Waals surface area contributed by atoms with E-state index >= 15 is 0 Å². The molecule has 23 heavy (non-hydrogen) atoms. The highest BCUT2D eigenvalue weighted by atomic mass is 35.5. The molecule has 2 atom stereocenters. The molecule has 0 spiro atoms. The third kappa shape index (κ3) is 6.27. The van der Waals surface area contributed by atoms with Crippen LogP contribution in [0, 0.1) is 5.92 Å². The maximum absolute atomic E-state index is 10.6. The quantitative estimate of drug-likeness (QED) is 0.863. The lowest BCUT2D eigenvalue weighted by Gasteiger charge is -2.14. The minimum atomic E-state index is -5.08. The topological polar surface area (TPSA) is 72.5 Å². The number of hydrogen-bond donors (Lipinski definition) is 2. The minimum absolute atomic E-state index is 0.190. The molecule has 1 aliphatic carbocycles. The lowest BCUT2D eigenvalue weighted by molar-refractivity contribution is -0.192. The van der Waals surface area contributed by atoms with E-state index < -0.39 is 12.1 Å². The second-order valence-electron chi connectivity index (χ2n) is 5.49. The molecule has 4 nitrogen and oxygen atoms in total. The molecule has 1 saturated carbocycles. The number of hydrogen-bond acceptors (Lipinski definition) is 3. The van der Waals surface area contributed by atoms with Crippen molar-refractivity contribution in [1.82, 2.24) is 0 Å². The molecule has 0 saturated heterocycles. The zero-order chi connectivity index (χ0) is 17.8. The molecule has 130 valence electrons. The molecule has 0 unspecified atom stereocenters. The molecule has 0 radical (unpaired) electrons. The van der Waals surface area contributed by atoms with Gasteiger partial charge in [-0.1, -0.05) is 11.6 Å². The van der Waals surface area contributed by atoms with Crippen molar-refractivity contribution >= 4 is 17.6 Å². The van der Waals surface area contributed by atoms with Gasteiger partial charge in [0.2, 0.25) is 0 Å². The molecule has 0 aromatic heterocycles. The maximum Gasteiger partial charge on any atom is 0.490 e. The van der Waals surface area contributed by atoms with Gasteiger partial charge in [0, 0.05) is 5.02 Å². The van der Waals surface area contributed by atoms with Crippen LogP contribution >= 0.6 is 11.6 Å². The molecule has 0 heterocycles. The number of nitrogens with two attached hydrogens (primary N) is 1. The number of benzene rings is 1. The third-order valence-electron chi connectivity index (χ3n) is 3.20. The van der Waals surface area contributed by atoms with Crippen LogP contribution < -0.4 is 10.5 Å². The van der Waals surface area contributed by atoms with E-state index in [1.807, 2.05) is 32.0 Å². The first-order valence-corrected chi connectivity index (χ1v) is 7.40. The van der Waals surface area contributed by atoms with Crippen LogP contribution in [0.25, 0.3) is 0 Å². The molecule has 2 rings (SSSR count). The Kier molecular flexibility index (Phi) is 6.70. The Balaban J connectivity index is 0.000000322. The van der Waals surface area contributed by atoms with Gasteiger partial charge in [-0.3, -0.25) is 0 Å². The van der Waals surface area contributed by atoms with E-state index in [4.69, 9.17) is 32.0 Å². The monoisotopic (exact) mass is 353 g/mol. The second kappa shape index (κ2) is 7.88. The zero-order valence-corrected chi connectivity index (χ0v) is 13.5. The molecule has 0 aliphatic heterocycles. The fourth-order valence-electron chi connectivity index (χ4n) is 2.06. The molecule has 3 N–H and O–H groups in total. The van der Waals surface area contributed by atoms with Crippen molar-refractivity contribution in [3.63, 3.8) is 0 Å². The summed E-state index contributed by atoms with van der Waals surface area (Å²) in [5.41, 5.74) is 6.90. The molecule has 1 fully saturated rings. The summed E-state index contributed by atoms with van der Waals surface area (Å²) in [5.74, 6) is -0.654. The standard InChI is InChI=1S/C13H18ClNO.C2HF3O2/c1-8(2)16-13-4-3-10(14)6-12(13)11-5-9(11)7-15;3-2(4,5)1(6)7/h3-4,6,8-9,11H,5,7,15H2,1-2H3;(H,6,7)/t9-,11+;/m0./s1. The Bertz CT molecular complexity index is 549. The van der Waals surface area contributed by atoms with E-state index in [-0.39, 0.29) is 6.10 Å². The number of aliphatic carboxylic acids is 1. The Morgan fingerprint density at radius 3 is 2.43 bits per heavy atom. The second-order valence-corrected chi connectivity index (χ2v) is 5.93. The average molecular weight is 354 g/mol. The van der Waals surface area contributed by atoms with Gasteiger partial charge in [0.05, 0.1) is 6.10 Å². The summed E-state index contributed by atoms with van der Waals surface area (Å²) < 4.78 is 37.5. The number of halogens is 4. The van der Waals surface area contributed by atoms with Crippen LogP contribution in [0.2, 0.25) is 5.02 Å². The highest BCUT2D eigenvalue weighted by Crippen LogP contribution is 2.50. The van der Waals surface area contributed by atoms with Crippen LogP contribution in [0.3, 0.4) is 0 Å². The van der Waals surface area contributed by atoms with Gasteiger partial charge in [-0.15, -0.1) is 0 Å². The molecular formula is C15H19ClF3NO3. The van der Waals surface area contributed by atoms with Gasteiger partial charge in [0.1, 0.15) is 5.75 Å². The van der Waals surface area contributed by atoms with Crippen molar-refractivity contribution in [2.45, 2.75) is 38.5 Å². The van der Waals surface area contributed by atoms with Crippen molar-refractivity contribution in [3.05, 3.63) is 28.8 Å². The van der Waals surface area contributed by atoms with Crippen LogP contribution in [-0.4, -0.2) is 29.9 Å². The first-order valence-electron chi connectivity index (χ1n) is 7.02. The molecule has 1 aromatic carbocycles. The van der Waals surface area contributed by atoms with Gasteiger partial charge in [-0.2, -0.15) is 13.2 Å². The maximum atomic E-state index is 10.6. The molecular weight excluding hydrogens is 335 g/mol. The van der Waals surface area contributed by atoms with Crippen molar-refractivity contribution < 1.29 is 27.8 Å². The van der Waals surface area contributed by atoms with Crippen LogP contribution in [0.5, 0.6) is 5.75 Å². The Morgan fingerprint density at radius 1 is 1.48 bits per heavy atom. The first-order chi connectivity index (χ1) is 10.6. The fourth-order valence-corrected chi connectivity index (χ4v) is 2.24. The summed E-state index contributed by atoms with van der Waals surface area (Å²) in [6.07, 6.45) is -3.74. The van der Waals surface area contributed by atoms with E-state index in [1.54, 1.807) is 0 Å². The average Bonchev–Trinajstić information content (AvgIpc) is 3.19. The predicted molar refractivity (Wildman–Crippen MR) is 80.8 cm³/mol. The van der Waals surface area contributed by atoms with E-state index in [9.17, 15) is 13.2 Å². The number of rotatable bonds is 4. The van der Waals surface area contributed by atoms with E-state index in [0.717, 1.165) is 23.7 Å². The predicted octanol–water partition coefficient (Wildman–Crippen LogP) is 3.82. The van der Waals surface area contributed by atoms with Crippen molar-refractivity contribution in [2.75, 3.05) is 6.54 Å². The van der Waals surface area contributed by atoms with Gasteiger partial charge in [-0.05, 0) is 62.4 Å². The lowest BCUT2D eigenvalue weighted by Crippen LogP contribution is -2.21. The van der Waals surface area contributed by atoms with E-state index in [2.05, 4.69) is 0 Å². The SMILES string of the molecule is CC(C)Oc1ccc(Cl)cc1[C@@H]1C[C@H]1CN.O=C(O)C(F)(F)F. The van der Waals surface area contributed by atoms with Crippen molar-refractivity contribution in [2.24, 2.45) is 11.7 Å². The van der Waals surface area contributed by atoms with Crippen molar-refractivity contribution in [1.29, 1.82) is 0 Å². The Hall–Kier alpha value is -1.47. The Morgan fingerprint density at radius 2 is 2.04 bits per heavy atom. The number of carboxylic acids is 1. The van der Waals surface area contributed by atoms with Gasteiger partial charge in [-0.25, -0.2) is 4.79 Å². The summed E-state index contributed by atoms with van der Waals surface area (Å²) in [4.78, 5) is 8.90. The fraction of sp³-hybridized carbons (Fsp3) is 0.533. The van der Waals surface area contributed by atoms with E-state index in [0.29, 0.717) is 11.8 Å². The zero-order valence-electron chi connectivity index (χ0n) is 12.7. The van der Waals surface area contributed by atoms with Gasteiger partial charge >= 0.3 is 12.1 Å². The highest BCUT2D eigenvalue weighted by molar-refractivity contribution is 6.30. The molecule has 1 aromatic rings. The van der Waals surface area contributed by atoms with Crippen LogP contribution in [-0.2, 0) is 4.79 Å². The number of alkyl halides is 3. The largest absolute Gasteiger partial charge is 0.491 e. The van der Waals surface area contributed by atoms with Gasteiger partial charge in [0.25, 0.3) is 0 Å². The lowest BCUT2D eigenvalue weighted by atomic mass is 10.1. The summed E-state index contributed by atoms with van der Waals surface area (Å²) in [7, 11) is 0. The summed E-state index contributed by atoms with van der Waals surface area (Å²) in [5, 5.41) is 7.90. The normalized spacial score (nSPS) is 19.8. The summed E-state index contributed by atoms with van der Waals surface area (Å²) in [6, 6.07) is 5.85. The molecule has 1 aliphatic rings. The van der Waals surface area contributed by atoms with Crippen LogP contribution in [0.15, 0.2) is 18.2 Å². The molecule has 8 heteroatoms. The van der Waals surface area contributed by atoms with Crippen LogP contribution in [0.1, 0.15) is 31.7 Å². The Labute approximate surface area is 137 Å². The molecule has 0 amide bonds. The third-order valence-corrected chi connectivity index (χ3v) is 3.44. The van der Waals surface area contributed by atoms with Crippen LogP contribution in [0.4, 0.5) is 13.2 Å². The first kappa shape index (κ1) is 19.6. The molecule has 0 bridgehead atoms. The van der Waals surface area contributed by atoms with Crippen molar-refractivity contribution in [3.8, 4) is 5.75 Å². The smallest absolute Gasteiger partial charge is 0.490 e. The minimum Gasteiger partial charge on any atom is -0.491 e. The number of carbonyl (C=O) groups is 1. The number of carboxylic acid groups (broad SMARTS) is 1. The summed E-state index contributed by atoms with van der Waals surface area (Å²) >= 11 is 6.03. The van der Waals surface area contributed by atoms with Gasteiger partial charge < -0.3 is 15.6 Å². The number of ether oxygens (including phenoxy) is 1. The summed E-state index contributed by atoms with van der Waals surface area (Å²) in [6.45, 7) is 4.82.